The molecule has 0 aromatic rings. The average Bonchev–Trinajstić information content (AvgIpc) is 2.15. The summed E-state index contributed by atoms with van der Waals surface area (Å²) in [5, 5.41) is 0. The monoisotopic (exact) mass is 198 g/mol. The summed E-state index contributed by atoms with van der Waals surface area (Å²) in [6, 6.07) is 1.36. The van der Waals surface area contributed by atoms with Crippen LogP contribution in [0.1, 0.15) is 46.5 Å². The van der Waals surface area contributed by atoms with E-state index < -0.39 is 0 Å². The van der Waals surface area contributed by atoms with E-state index in [1.54, 1.807) is 0 Å². The van der Waals surface area contributed by atoms with E-state index >= 15 is 0 Å². The van der Waals surface area contributed by atoms with Crippen LogP contribution in [0.4, 0.5) is 0 Å². The van der Waals surface area contributed by atoms with Crippen molar-refractivity contribution in [2.75, 3.05) is 13.1 Å². The summed E-state index contributed by atoms with van der Waals surface area (Å²) >= 11 is 0. The SMILES string of the molecule is CCCC(CN)N1CCC(C)CC1C. The van der Waals surface area contributed by atoms with Crippen molar-refractivity contribution in [1.29, 1.82) is 0 Å². The summed E-state index contributed by atoms with van der Waals surface area (Å²) in [6.07, 6.45) is 5.21. The predicted molar refractivity (Wildman–Crippen MR) is 62.3 cm³/mol. The van der Waals surface area contributed by atoms with Gasteiger partial charge in [0.2, 0.25) is 0 Å². The lowest BCUT2D eigenvalue weighted by Crippen LogP contribution is -2.49. The third-order valence-electron chi connectivity index (χ3n) is 3.55. The highest BCUT2D eigenvalue weighted by Gasteiger charge is 2.27. The molecule has 1 aliphatic heterocycles. The Hall–Kier alpha value is -0.0800. The number of piperidine rings is 1. The number of likely N-dealkylation sites (tertiary alicyclic amines) is 1. The van der Waals surface area contributed by atoms with Crippen molar-refractivity contribution >= 4 is 0 Å². The number of nitrogens with zero attached hydrogens (tertiary/aromatic N) is 1. The van der Waals surface area contributed by atoms with Gasteiger partial charge in [0, 0.05) is 18.6 Å². The summed E-state index contributed by atoms with van der Waals surface area (Å²) in [5.74, 6) is 0.904. The van der Waals surface area contributed by atoms with E-state index in [0.717, 1.165) is 18.5 Å². The highest BCUT2D eigenvalue weighted by Crippen LogP contribution is 2.24. The maximum atomic E-state index is 5.84. The number of hydrogen-bond acceptors (Lipinski definition) is 2. The zero-order valence-corrected chi connectivity index (χ0v) is 10.00. The lowest BCUT2D eigenvalue weighted by atomic mass is 9.91. The Morgan fingerprint density at radius 2 is 2.14 bits per heavy atom. The van der Waals surface area contributed by atoms with E-state index in [-0.39, 0.29) is 0 Å². The van der Waals surface area contributed by atoms with Crippen LogP contribution in [-0.2, 0) is 0 Å². The van der Waals surface area contributed by atoms with Crippen molar-refractivity contribution in [2.24, 2.45) is 11.7 Å². The molecule has 84 valence electrons. The van der Waals surface area contributed by atoms with E-state index in [9.17, 15) is 0 Å². The molecule has 0 bridgehead atoms. The molecule has 0 saturated carbocycles. The van der Waals surface area contributed by atoms with Gasteiger partial charge in [-0.1, -0.05) is 20.3 Å². The largest absolute Gasteiger partial charge is 0.329 e. The van der Waals surface area contributed by atoms with Crippen molar-refractivity contribution in [1.82, 2.24) is 4.90 Å². The Morgan fingerprint density at radius 3 is 2.64 bits per heavy atom. The predicted octanol–water partition coefficient (Wildman–Crippen LogP) is 2.23. The molecule has 0 aliphatic carbocycles. The molecule has 3 atom stereocenters. The van der Waals surface area contributed by atoms with E-state index in [1.165, 1.54) is 32.2 Å². The highest BCUT2D eigenvalue weighted by atomic mass is 15.2. The second-order valence-corrected chi connectivity index (χ2v) is 4.89. The van der Waals surface area contributed by atoms with Crippen molar-refractivity contribution in [3.8, 4) is 0 Å². The van der Waals surface area contributed by atoms with Crippen molar-refractivity contribution in [3.05, 3.63) is 0 Å². The van der Waals surface area contributed by atoms with Gasteiger partial charge in [-0.05, 0) is 38.6 Å². The maximum Gasteiger partial charge on any atom is 0.0221 e. The van der Waals surface area contributed by atoms with Crippen molar-refractivity contribution in [3.63, 3.8) is 0 Å². The lowest BCUT2D eigenvalue weighted by molar-refractivity contribution is 0.0804. The van der Waals surface area contributed by atoms with E-state index in [4.69, 9.17) is 5.73 Å². The minimum absolute atomic E-state index is 0.627. The molecule has 14 heavy (non-hydrogen) atoms. The molecule has 1 heterocycles. The Labute approximate surface area is 88.8 Å². The van der Waals surface area contributed by atoms with Crippen LogP contribution < -0.4 is 5.73 Å². The standard InChI is InChI=1S/C12H26N2/c1-4-5-12(9-13)14-7-6-10(2)8-11(14)3/h10-12H,4-9,13H2,1-3H3. The average molecular weight is 198 g/mol. The molecule has 1 saturated heterocycles. The van der Waals surface area contributed by atoms with E-state index in [1.807, 2.05) is 0 Å². The Balaban J connectivity index is 2.48. The summed E-state index contributed by atoms with van der Waals surface area (Å²) in [5.41, 5.74) is 5.84. The fourth-order valence-corrected chi connectivity index (χ4v) is 2.72. The quantitative estimate of drug-likeness (QED) is 0.750. The fourth-order valence-electron chi connectivity index (χ4n) is 2.72. The normalized spacial score (nSPS) is 31.7. The van der Waals surface area contributed by atoms with Gasteiger partial charge in [0.25, 0.3) is 0 Å². The zero-order chi connectivity index (χ0) is 10.6. The number of nitrogens with two attached hydrogens (primary N) is 1. The molecular formula is C12H26N2. The Morgan fingerprint density at radius 1 is 1.43 bits per heavy atom. The molecule has 2 nitrogen and oxygen atoms in total. The van der Waals surface area contributed by atoms with Crippen LogP contribution in [0.3, 0.4) is 0 Å². The summed E-state index contributed by atoms with van der Waals surface area (Å²) in [7, 11) is 0. The minimum Gasteiger partial charge on any atom is -0.329 e. The van der Waals surface area contributed by atoms with E-state index in [0.29, 0.717) is 6.04 Å². The van der Waals surface area contributed by atoms with Gasteiger partial charge >= 0.3 is 0 Å². The van der Waals surface area contributed by atoms with E-state index in [2.05, 4.69) is 25.7 Å². The first-order valence-corrected chi connectivity index (χ1v) is 6.14. The van der Waals surface area contributed by atoms with Crippen LogP contribution >= 0.6 is 0 Å². The molecule has 0 aromatic heterocycles. The van der Waals surface area contributed by atoms with Gasteiger partial charge in [-0.2, -0.15) is 0 Å². The molecule has 1 rings (SSSR count). The van der Waals surface area contributed by atoms with Gasteiger partial charge in [-0.15, -0.1) is 0 Å². The first-order chi connectivity index (χ1) is 6.69. The molecule has 1 fully saturated rings. The second-order valence-electron chi connectivity index (χ2n) is 4.89. The lowest BCUT2D eigenvalue weighted by Gasteiger charge is -2.41. The topological polar surface area (TPSA) is 29.3 Å². The highest BCUT2D eigenvalue weighted by molar-refractivity contribution is 4.83. The molecule has 2 heteroatoms. The van der Waals surface area contributed by atoms with Gasteiger partial charge in [0.1, 0.15) is 0 Å². The van der Waals surface area contributed by atoms with Gasteiger partial charge in [-0.25, -0.2) is 0 Å². The first-order valence-electron chi connectivity index (χ1n) is 6.14. The zero-order valence-electron chi connectivity index (χ0n) is 10.00. The number of rotatable bonds is 4. The van der Waals surface area contributed by atoms with Crippen LogP contribution in [0.2, 0.25) is 0 Å². The number of hydrogen-bond donors (Lipinski definition) is 1. The molecule has 0 aromatic carbocycles. The molecule has 3 unspecified atom stereocenters. The molecule has 0 spiro atoms. The van der Waals surface area contributed by atoms with Gasteiger partial charge in [0.15, 0.2) is 0 Å². The third-order valence-corrected chi connectivity index (χ3v) is 3.55. The minimum atomic E-state index is 0.627. The van der Waals surface area contributed by atoms with Crippen LogP contribution in [0, 0.1) is 5.92 Å². The summed E-state index contributed by atoms with van der Waals surface area (Å²) in [6.45, 7) is 9.05. The summed E-state index contributed by atoms with van der Waals surface area (Å²) in [4.78, 5) is 2.63. The Kier molecular flexibility index (Phi) is 4.90. The first kappa shape index (κ1) is 12.0. The second kappa shape index (κ2) is 5.72. The molecule has 0 radical (unpaired) electrons. The van der Waals surface area contributed by atoms with Crippen LogP contribution in [0.25, 0.3) is 0 Å². The molecule has 2 N–H and O–H groups in total. The smallest absolute Gasteiger partial charge is 0.0221 e. The van der Waals surface area contributed by atoms with Gasteiger partial charge in [-0.3, -0.25) is 4.90 Å². The van der Waals surface area contributed by atoms with Crippen molar-refractivity contribution in [2.45, 2.75) is 58.5 Å². The van der Waals surface area contributed by atoms with Crippen LogP contribution in [0.5, 0.6) is 0 Å². The summed E-state index contributed by atoms with van der Waals surface area (Å²) < 4.78 is 0. The van der Waals surface area contributed by atoms with Crippen LogP contribution in [0.15, 0.2) is 0 Å². The van der Waals surface area contributed by atoms with Crippen molar-refractivity contribution < 1.29 is 0 Å². The molecular weight excluding hydrogens is 172 g/mol. The molecule has 0 amide bonds. The van der Waals surface area contributed by atoms with Gasteiger partial charge in [0.05, 0.1) is 0 Å². The molecule has 1 aliphatic rings. The van der Waals surface area contributed by atoms with Gasteiger partial charge < -0.3 is 5.73 Å². The fraction of sp³-hybridized carbons (Fsp3) is 1.00. The Bertz CT molecular complexity index is 158. The third kappa shape index (κ3) is 2.96. The maximum absolute atomic E-state index is 5.84. The van der Waals surface area contributed by atoms with Crippen LogP contribution in [-0.4, -0.2) is 30.1 Å².